The zero-order chi connectivity index (χ0) is 23.8. The van der Waals surface area contributed by atoms with Gasteiger partial charge in [0.25, 0.3) is 0 Å². The normalized spacial score (nSPS) is 13.9. The number of rotatable bonds is 6. The molecule has 0 atom stereocenters. The molecule has 6 nitrogen and oxygen atoms in total. The van der Waals surface area contributed by atoms with Crippen LogP contribution in [0.2, 0.25) is 0 Å². The van der Waals surface area contributed by atoms with Crippen molar-refractivity contribution in [3.8, 4) is 0 Å². The second-order valence-electron chi connectivity index (χ2n) is 8.08. The van der Waals surface area contributed by atoms with Crippen molar-refractivity contribution in [3.63, 3.8) is 0 Å². The van der Waals surface area contributed by atoms with E-state index in [2.05, 4.69) is 64.1 Å². The van der Waals surface area contributed by atoms with Crippen molar-refractivity contribution in [2.45, 2.75) is 47.1 Å². The molecule has 1 aliphatic rings. The van der Waals surface area contributed by atoms with Crippen LogP contribution in [-0.4, -0.2) is 51.5 Å². The molecule has 0 saturated carbocycles. The molecule has 0 aliphatic carbocycles. The summed E-state index contributed by atoms with van der Waals surface area (Å²) in [7, 11) is 0. The first kappa shape index (κ1) is 24.7. The summed E-state index contributed by atoms with van der Waals surface area (Å²) >= 11 is 1.74. The van der Waals surface area contributed by atoms with Gasteiger partial charge in [0.1, 0.15) is 17.0 Å². The number of thiophene rings is 1. The number of nitrogens with zero attached hydrogens (tertiary/aromatic N) is 5. The minimum absolute atomic E-state index is 0.200. The number of amides is 1. The molecule has 3 aromatic heterocycles. The Labute approximate surface area is 201 Å². The average Bonchev–Trinajstić information content (AvgIpc) is 3.41. The maximum Gasteiger partial charge on any atom is 0.228 e. The standard InChI is InChI=1S/C23H29N5OS.C3H6/c1-4-6-9-28-17(3)7-8-18(28)14-21(29)26-10-12-27(13-11-26)22-20-15-19(5-2)30-23(20)25-16-24-22;1-3-2/h4,6-8,15-16H,5,9-14H2,1-3H3;3H,1H2,2H3/b6-4-;. The van der Waals surface area contributed by atoms with Gasteiger partial charge in [0.15, 0.2) is 0 Å². The van der Waals surface area contributed by atoms with E-state index in [1.54, 1.807) is 23.7 Å². The number of carbonyl (C=O) groups excluding carboxylic acids is 1. The summed E-state index contributed by atoms with van der Waals surface area (Å²) in [4.78, 5) is 28.6. The van der Waals surface area contributed by atoms with Crippen molar-refractivity contribution in [1.82, 2.24) is 19.4 Å². The lowest BCUT2D eigenvalue weighted by Crippen LogP contribution is -2.49. The SMILES string of the molecule is C/C=C\Cn1c(C)ccc1CC(=O)N1CCN(c2ncnc3sc(CC)cc23)CC1.C=CC. The van der Waals surface area contributed by atoms with E-state index < -0.39 is 0 Å². The number of fused-ring (bicyclic) bond motifs is 1. The largest absolute Gasteiger partial charge is 0.352 e. The Balaban J connectivity index is 0.000000968. The fourth-order valence-corrected chi connectivity index (χ4v) is 4.93. The average molecular weight is 466 g/mol. The Morgan fingerprint density at radius 2 is 1.91 bits per heavy atom. The van der Waals surface area contributed by atoms with Gasteiger partial charge in [-0.15, -0.1) is 17.9 Å². The van der Waals surface area contributed by atoms with Crippen LogP contribution in [0.25, 0.3) is 10.2 Å². The third-order valence-electron chi connectivity index (χ3n) is 5.79. The van der Waals surface area contributed by atoms with Crippen LogP contribution in [0.15, 0.2) is 49.3 Å². The fourth-order valence-electron chi connectivity index (χ4n) is 4.00. The Morgan fingerprint density at radius 3 is 2.58 bits per heavy atom. The number of anilines is 1. The Kier molecular flexibility index (Phi) is 8.83. The van der Waals surface area contributed by atoms with Crippen LogP contribution in [0, 0.1) is 6.92 Å². The summed E-state index contributed by atoms with van der Waals surface area (Å²) < 4.78 is 2.22. The van der Waals surface area contributed by atoms with Crippen molar-refractivity contribution >= 4 is 33.3 Å². The molecule has 1 aliphatic heterocycles. The number of carbonyl (C=O) groups is 1. The van der Waals surface area contributed by atoms with Crippen LogP contribution in [0.4, 0.5) is 5.82 Å². The molecule has 0 radical (unpaired) electrons. The number of piperazine rings is 1. The van der Waals surface area contributed by atoms with Crippen LogP contribution in [0.5, 0.6) is 0 Å². The second kappa shape index (κ2) is 11.8. The van der Waals surface area contributed by atoms with Gasteiger partial charge in [-0.05, 0) is 45.4 Å². The lowest BCUT2D eigenvalue weighted by atomic mass is 10.2. The van der Waals surface area contributed by atoms with E-state index in [0.717, 1.165) is 60.9 Å². The van der Waals surface area contributed by atoms with Gasteiger partial charge < -0.3 is 14.4 Å². The molecule has 176 valence electrons. The molecule has 33 heavy (non-hydrogen) atoms. The molecule has 0 unspecified atom stereocenters. The van der Waals surface area contributed by atoms with Gasteiger partial charge in [0, 0.05) is 49.0 Å². The molecule has 1 amide bonds. The molecule has 0 bridgehead atoms. The van der Waals surface area contributed by atoms with Crippen LogP contribution < -0.4 is 4.90 Å². The summed E-state index contributed by atoms with van der Waals surface area (Å²) in [5.41, 5.74) is 2.27. The molecule has 1 fully saturated rings. The zero-order valence-corrected chi connectivity index (χ0v) is 21.1. The molecule has 4 heterocycles. The highest BCUT2D eigenvalue weighted by Gasteiger charge is 2.24. The van der Waals surface area contributed by atoms with E-state index in [-0.39, 0.29) is 5.91 Å². The molecule has 0 spiro atoms. The zero-order valence-electron chi connectivity index (χ0n) is 20.3. The van der Waals surface area contributed by atoms with Crippen molar-refractivity contribution < 1.29 is 4.79 Å². The molecular formula is C26H35N5OS. The van der Waals surface area contributed by atoms with Gasteiger partial charge in [-0.25, -0.2) is 9.97 Å². The predicted molar refractivity (Wildman–Crippen MR) is 139 cm³/mol. The maximum absolute atomic E-state index is 13.0. The van der Waals surface area contributed by atoms with Crippen LogP contribution >= 0.6 is 11.3 Å². The van der Waals surface area contributed by atoms with Gasteiger partial charge in [-0.3, -0.25) is 4.79 Å². The molecule has 0 N–H and O–H groups in total. The summed E-state index contributed by atoms with van der Waals surface area (Å²) in [6, 6.07) is 6.39. The van der Waals surface area contributed by atoms with Gasteiger partial charge in [-0.2, -0.15) is 0 Å². The lowest BCUT2D eigenvalue weighted by molar-refractivity contribution is -0.130. The third kappa shape index (κ3) is 5.90. The number of aromatic nitrogens is 3. The predicted octanol–water partition coefficient (Wildman–Crippen LogP) is 5.02. The van der Waals surface area contributed by atoms with Crippen LogP contribution in [-0.2, 0) is 24.2 Å². The van der Waals surface area contributed by atoms with E-state index in [1.807, 2.05) is 24.8 Å². The van der Waals surface area contributed by atoms with E-state index in [4.69, 9.17) is 0 Å². The van der Waals surface area contributed by atoms with Crippen molar-refractivity contribution in [3.05, 3.63) is 65.6 Å². The molecule has 4 rings (SSSR count). The van der Waals surface area contributed by atoms with Gasteiger partial charge >= 0.3 is 0 Å². The first-order valence-electron chi connectivity index (χ1n) is 11.6. The Hall–Kier alpha value is -2.93. The molecule has 0 aromatic carbocycles. The van der Waals surface area contributed by atoms with Crippen molar-refractivity contribution in [2.75, 3.05) is 31.1 Å². The number of aryl methyl sites for hydroxylation is 2. The highest BCUT2D eigenvalue weighted by atomic mass is 32.1. The summed E-state index contributed by atoms with van der Waals surface area (Å²) in [5, 5.41) is 1.14. The minimum Gasteiger partial charge on any atom is -0.352 e. The highest BCUT2D eigenvalue weighted by Crippen LogP contribution is 2.31. The first-order chi connectivity index (χ1) is 16.0. The summed E-state index contributed by atoms with van der Waals surface area (Å²) in [5.74, 6) is 1.20. The quantitative estimate of drug-likeness (QED) is 0.480. The Morgan fingerprint density at radius 1 is 1.18 bits per heavy atom. The van der Waals surface area contributed by atoms with E-state index in [1.165, 1.54) is 10.6 Å². The highest BCUT2D eigenvalue weighted by molar-refractivity contribution is 7.18. The monoisotopic (exact) mass is 465 g/mol. The number of allylic oxidation sites excluding steroid dienone is 3. The third-order valence-corrected chi connectivity index (χ3v) is 6.97. The lowest BCUT2D eigenvalue weighted by Gasteiger charge is -2.35. The summed E-state index contributed by atoms with van der Waals surface area (Å²) in [6.45, 7) is 15.4. The van der Waals surface area contributed by atoms with E-state index >= 15 is 0 Å². The summed E-state index contributed by atoms with van der Waals surface area (Å²) in [6.07, 6.45) is 9.04. The second-order valence-corrected chi connectivity index (χ2v) is 9.20. The van der Waals surface area contributed by atoms with E-state index in [9.17, 15) is 4.79 Å². The van der Waals surface area contributed by atoms with Crippen LogP contribution in [0.1, 0.15) is 37.0 Å². The van der Waals surface area contributed by atoms with Gasteiger partial charge in [0.2, 0.25) is 5.91 Å². The number of hydrogen-bond acceptors (Lipinski definition) is 5. The van der Waals surface area contributed by atoms with Gasteiger partial charge in [-0.1, -0.05) is 25.2 Å². The molecule has 7 heteroatoms. The van der Waals surface area contributed by atoms with E-state index in [0.29, 0.717) is 6.42 Å². The number of hydrogen-bond donors (Lipinski definition) is 0. The van der Waals surface area contributed by atoms with Crippen LogP contribution in [0.3, 0.4) is 0 Å². The molecule has 1 saturated heterocycles. The maximum atomic E-state index is 13.0. The van der Waals surface area contributed by atoms with Crippen molar-refractivity contribution in [1.29, 1.82) is 0 Å². The smallest absolute Gasteiger partial charge is 0.228 e. The first-order valence-corrected chi connectivity index (χ1v) is 12.4. The molecular weight excluding hydrogens is 430 g/mol. The minimum atomic E-state index is 0.200. The molecule has 3 aromatic rings. The fraction of sp³-hybridized carbons (Fsp3) is 0.423. The topological polar surface area (TPSA) is 54.3 Å². The Bertz CT molecular complexity index is 1110. The van der Waals surface area contributed by atoms with Gasteiger partial charge in [0.05, 0.1) is 11.8 Å². The van der Waals surface area contributed by atoms with Crippen molar-refractivity contribution in [2.24, 2.45) is 0 Å².